The lowest BCUT2D eigenvalue weighted by molar-refractivity contribution is -0.671. The first-order valence-electron chi connectivity index (χ1n) is 17.5. The number of hydrogen-bond acceptors (Lipinski definition) is 4. The van der Waals surface area contributed by atoms with Gasteiger partial charge in [0.15, 0.2) is 37.2 Å². The zero-order chi connectivity index (χ0) is 35.3. The second-order valence-electron chi connectivity index (χ2n) is 13.6. The monoisotopic (exact) mass is 678 g/mol. The number of aromatic nitrogens is 3. The van der Waals surface area contributed by atoms with Crippen molar-refractivity contribution < 1.29 is 18.7 Å². The van der Waals surface area contributed by atoms with Crippen molar-refractivity contribution in [1.29, 1.82) is 0 Å². The van der Waals surface area contributed by atoms with Gasteiger partial charge < -0.3 is 4.90 Å². The fourth-order valence-electron chi connectivity index (χ4n) is 7.16. The first-order chi connectivity index (χ1) is 25.4. The third-order valence-corrected chi connectivity index (χ3v) is 9.89. The zero-order valence-corrected chi connectivity index (χ0v) is 29.6. The Labute approximate surface area is 303 Å². The molecule has 1 N–H and O–H groups in total. The van der Waals surface area contributed by atoms with Crippen molar-refractivity contribution >= 4 is 39.6 Å². The number of nitrogens with one attached hydrogen (secondary N) is 1. The molecule has 0 saturated heterocycles. The van der Waals surface area contributed by atoms with Gasteiger partial charge in [0.2, 0.25) is 11.4 Å². The van der Waals surface area contributed by atoms with Crippen molar-refractivity contribution in [2.45, 2.75) is 6.42 Å². The van der Waals surface area contributed by atoms with Gasteiger partial charge in [0.1, 0.15) is 21.1 Å². The maximum Gasteiger partial charge on any atom is 0.214 e. The molecule has 0 saturated carbocycles. The van der Waals surface area contributed by atoms with Crippen molar-refractivity contribution in [2.75, 3.05) is 7.05 Å². The lowest BCUT2D eigenvalue weighted by Crippen LogP contribution is -2.69. The first kappa shape index (κ1) is 31.3. The summed E-state index contributed by atoms with van der Waals surface area (Å²) in [5.41, 5.74) is 15.8. The minimum Gasteiger partial charge on any atom is -0.357 e. The Morgan fingerprint density at radius 2 is 1.08 bits per heavy atom. The number of hydrogen-bond donors (Lipinski definition) is 1. The molecule has 52 heavy (non-hydrogen) atoms. The smallest absolute Gasteiger partial charge is 0.214 e. The summed E-state index contributed by atoms with van der Waals surface area (Å²) in [7, 11) is 8.14. The van der Waals surface area contributed by atoms with E-state index in [2.05, 4.69) is 146 Å². The largest absolute Gasteiger partial charge is 0.357 e. The van der Waals surface area contributed by atoms with Crippen LogP contribution in [0.3, 0.4) is 0 Å². The van der Waals surface area contributed by atoms with Crippen LogP contribution in [0, 0.1) is 0 Å². The molecule has 0 spiro atoms. The molecule has 9 rings (SSSR count). The van der Waals surface area contributed by atoms with E-state index in [0.29, 0.717) is 6.42 Å². The number of aryl methyl sites for hydroxylation is 3. The van der Waals surface area contributed by atoms with E-state index in [1.54, 1.807) is 0 Å². The van der Waals surface area contributed by atoms with Crippen LogP contribution < -0.4 is 18.7 Å². The summed E-state index contributed by atoms with van der Waals surface area (Å²) < 4.78 is 6.15. The van der Waals surface area contributed by atoms with Gasteiger partial charge in [0.25, 0.3) is 0 Å². The molecule has 0 unspecified atom stereocenters. The number of nitrogens with zero attached hydrogens (tertiary/aromatic N) is 7. The van der Waals surface area contributed by atoms with Crippen molar-refractivity contribution in [1.82, 2.24) is 4.90 Å². The van der Waals surface area contributed by atoms with Gasteiger partial charge in [-0.25, -0.2) is 28.7 Å². The molecule has 0 aromatic carbocycles. The molecule has 8 bridgehead atoms. The summed E-state index contributed by atoms with van der Waals surface area (Å²) in [4.78, 5) is 22.1. The zero-order valence-electron chi connectivity index (χ0n) is 29.6. The summed E-state index contributed by atoms with van der Waals surface area (Å²) in [5.74, 6) is 0. The lowest BCUT2D eigenvalue weighted by atomic mass is 9.97. The number of allylic oxidation sites excluding steroid dienone is 14. The third kappa shape index (κ3) is 5.64. The van der Waals surface area contributed by atoms with E-state index < -0.39 is 0 Å². The molecule has 8 heteroatoms. The molecule has 0 aliphatic carbocycles. The molecule has 0 radical (unpaired) electrons. The van der Waals surface area contributed by atoms with Gasteiger partial charge in [-0.15, -0.1) is 0 Å². The second kappa shape index (κ2) is 12.6. The highest BCUT2D eigenvalue weighted by atomic mass is 15.0. The van der Waals surface area contributed by atoms with Crippen LogP contribution in [-0.2, 0) is 21.1 Å². The first-order valence-corrected chi connectivity index (χ1v) is 17.5. The van der Waals surface area contributed by atoms with E-state index in [1.165, 1.54) is 0 Å². The summed E-state index contributed by atoms with van der Waals surface area (Å²) in [6, 6.07) is 12.9. The van der Waals surface area contributed by atoms with Crippen LogP contribution in [0.15, 0.2) is 190 Å². The summed E-state index contributed by atoms with van der Waals surface area (Å²) in [6.45, 7) is 0. The minimum absolute atomic E-state index is 0.676. The number of pyridine rings is 3. The summed E-state index contributed by atoms with van der Waals surface area (Å²) in [6.07, 6.45) is 36.7. The SMILES string of the molecule is CN1C=CC(=C2C3=NC(=C(c4cc[n+](C)cc4)C4=CCC(=N4)C(c4cc[n+](C)cc4)=C4C=CC(=N4)C(c4cc[n+](C)cc4)=C4C=CC2=[NH+]4)C=C3)C=C1. The van der Waals surface area contributed by atoms with Crippen molar-refractivity contribution in [3.63, 3.8) is 0 Å². The van der Waals surface area contributed by atoms with E-state index in [1.807, 2.05) is 46.8 Å². The molecule has 6 aliphatic rings. The Morgan fingerprint density at radius 3 is 1.67 bits per heavy atom. The van der Waals surface area contributed by atoms with E-state index in [9.17, 15) is 0 Å². The Balaban J connectivity index is 1.35. The summed E-state index contributed by atoms with van der Waals surface area (Å²) >= 11 is 0. The quantitative estimate of drug-likeness (QED) is 0.421. The number of aliphatic imine (C=N–C) groups is 3. The lowest BCUT2D eigenvalue weighted by Gasteiger charge is -2.14. The molecule has 6 aliphatic heterocycles. The second-order valence-corrected chi connectivity index (χ2v) is 13.6. The number of rotatable bonds is 3. The molecule has 250 valence electrons. The van der Waals surface area contributed by atoms with E-state index >= 15 is 0 Å². The topological polar surface area (TPSA) is 65.9 Å². The van der Waals surface area contributed by atoms with Gasteiger partial charge in [-0.3, -0.25) is 4.99 Å². The molecule has 3 aromatic heterocycles. The van der Waals surface area contributed by atoms with Crippen LogP contribution in [0.4, 0.5) is 0 Å². The fourth-order valence-corrected chi connectivity index (χ4v) is 7.16. The normalized spacial score (nSPS) is 18.9. The van der Waals surface area contributed by atoms with Crippen LogP contribution in [-0.4, -0.2) is 34.8 Å². The van der Waals surface area contributed by atoms with E-state index in [4.69, 9.17) is 15.0 Å². The van der Waals surface area contributed by atoms with Crippen LogP contribution in [0.25, 0.3) is 16.7 Å². The Kier molecular flexibility index (Phi) is 7.58. The van der Waals surface area contributed by atoms with Gasteiger partial charge in [0.05, 0.1) is 45.4 Å². The predicted octanol–water partition coefficient (Wildman–Crippen LogP) is 3.82. The molecule has 0 fully saturated rings. The highest BCUT2D eigenvalue weighted by Crippen LogP contribution is 2.38. The van der Waals surface area contributed by atoms with Gasteiger partial charge in [-0.2, -0.15) is 0 Å². The Hall–Kier alpha value is -6.67. The highest BCUT2D eigenvalue weighted by molar-refractivity contribution is 6.35. The molecule has 8 nitrogen and oxygen atoms in total. The summed E-state index contributed by atoms with van der Waals surface area (Å²) in [5, 5.41) is 0. The van der Waals surface area contributed by atoms with Gasteiger partial charge in [-0.1, -0.05) is 6.08 Å². The Morgan fingerprint density at radius 1 is 0.558 bits per heavy atom. The van der Waals surface area contributed by atoms with Crippen molar-refractivity contribution in [3.05, 3.63) is 191 Å². The van der Waals surface area contributed by atoms with Crippen LogP contribution in [0.1, 0.15) is 23.1 Å². The standard InChI is InChI=1S/C44H37N8/c1-49-21-13-29(14-22-49)41-33-5-7-35(45-33)42(30-15-23-50(2)24-16-30)37-9-11-39(47-37)44(32-19-27-52(4)28-20-32)40-12-10-38(48-40)43(36-8-6-34(41)46-36)31-17-25-51(3)26-18-31/h5-11,13-28H,12H2,1-4H3/q+3/p+1. The van der Waals surface area contributed by atoms with Gasteiger partial charge in [0, 0.05) is 91.1 Å². The van der Waals surface area contributed by atoms with Gasteiger partial charge in [-0.05, 0) is 53.2 Å². The van der Waals surface area contributed by atoms with E-state index in [0.717, 1.165) is 90.2 Å². The van der Waals surface area contributed by atoms with E-state index in [-0.39, 0.29) is 0 Å². The number of fused-ring (bicyclic) bond motifs is 4. The maximum atomic E-state index is 5.42. The van der Waals surface area contributed by atoms with Gasteiger partial charge >= 0.3 is 0 Å². The molecule has 9 heterocycles. The molecule has 0 amide bonds. The molecule has 0 atom stereocenters. The predicted molar refractivity (Wildman–Crippen MR) is 205 cm³/mol. The maximum absolute atomic E-state index is 5.42. The minimum atomic E-state index is 0.676. The van der Waals surface area contributed by atoms with Crippen LogP contribution in [0.5, 0.6) is 0 Å². The fraction of sp³-hybridized carbons (Fsp3) is 0.114. The third-order valence-electron chi connectivity index (χ3n) is 9.89. The van der Waals surface area contributed by atoms with Crippen LogP contribution in [0.2, 0.25) is 0 Å². The Bertz CT molecular complexity index is 2500. The van der Waals surface area contributed by atoms with Crippen LogP contribution >= 0.6 is 0 Å². The average Bonchev–Trinajstić information content (AvgIpc) is 3.99. The van der Waals surface area contributed by atoms with Crippen molar-refractivity contribution in [2.24, 2.45) is 36.1 Å². The highest BCUT2D eigenvalue weighted by Gasteiger charge is 2.32. The molecule has 3 aromatic rings. The van der Waals surface area contributed by atoms with Crippen molar-refractivity contribution in [3.8, 4) is 0 Å². The average molecular weight is 679 g/mol. The molecular weight excluding hydrogens is 641 g/mol. The molecular formula is C44H38N8+4.